The Morgan fingerprint density at radius 3 is 2.72 bits per heavy atom. The van der Waals surface area contributed by atoms with Crippen molar-refractivity contribution in [3.8, 4) is 5.13 Å². The van der Waals surface area contributed by atoms with Gasteiger partial charge in [0, 0.05) is 33.6 Å². The summed E-state index contributed by atoms with van der Waals surface area (Å²) in [6, 6.07) is 23.1. The standard InChI is InChI=1S/C31H27ClN4O2S/c1-20(2)14-23-17-34(29-16-24(32)10-11-26(23)29)31-33-27(19-39-31)30(38)36(25-8-5-6-21(15-25)18-37)35-13-12-22-7-3-4-9-28(22)35/h3-13,15-17,19-20,37H,14,18H2,1-2H3. The van der Waals surface area contributed by atoms with Crippen molar-refractivity contribution in [2.45, 2.75) is 26.9 Å². The molecule has 1 N–H and O–H groups in total. The Morgan fingerprint density at radius 2 is 1.90 bits per heavy atom. The first-order valence-electron chi connectivity index (χ1n) is 12.8. The third-order valence-corrected chi connectivity index (χ3v) is 7.80. The van der Waals surface area contributed by atoms with Crippen molar-refractivity contribution in [3.05, 3.63) is 112 Å². The molecule has 6 rings (SSSR count). The minimum Gasteiger partial charge on any atom is -0.392 e. The molecule has 0 atom stereocenters. The summed E-state index contributed by atoms with van der Waals surface area (Å²) in [5.41, 5.74) is 4.77. The molecule has 3 aromatic heterocycles. The molecule has 6 aromatic rings. The molecule has 1 amide bonds. The highest BCUT2D eigenvalue weighted by Crippen LogP contribution is 2.31. The van der Waals surface area contributed by atoms with Crippen molar-refractivity contribution >= 4 is 56.3 Å². The summed E-state index contributed by atoms with van der Waals surface area (Å²) in [5, 5.41) is 16.7. The topological polar surface area (TPSA) is 63.3 Å². The van der Waals surface area contributed by atoms with E-state index in [0.29, 0.717) is 33.0 Å². The number of rotatable bonds is 7. The second-order valence-electron chi connectivity index (χ2n) is 9.96. The molecule has 0 saturated heterocycles. The number of benzene rings is 3. The molecular weight excluding hydrogens is 528 g/mol. The second-order valence-corrected chi connectivity index (χ2v) is 11.2. The summed E-state index contributed by atoms with van der Waals surface area (Å²) in [6.07, 6.45) is 4.91. The van der Waals surface area contributed by atoms with Crippen LogP contribution in [0.4, 0.5) is 5.69 Å². The highest BCUT2D eigenvalue weighted by molar-refractivity contribution is 7.12. The number of nitrogens with zero attached hydrogens (tertiary/aromatic N) is 4. The van der Waals surface area contributed by atoms with Crippen LogP contribution in [0.15, 0.2) is 90.6 Å². The van der Waals surface area contributed by atoms with Gasteiger partial charge in [-0.3, -0.25) is 14.0 Å². The summed E-state index contributed by atoms with van der Waals surface area (Å²) in [6.45, 7) is 4.28. The molecule has 0 fully saturated rings. The van der Waals surface area contributed by atoms with Crippen molar-refractivity contribution in [1.29, 1.82) is 0 Å². The second kappa shape index (κ2) is 10.3. The van der Waals surface area contributed by atoms with Crippen LogP contribution in [0, 0.1) is 5.92 Å². The summed E-state index contributed by atoms with van der Waals surface area (Å²) in [4.78, 5) is 19.0. The van der Waals surface area contributed by atoms with E-state index in [9.17, 15) is 9.90 Å². The number of aliphatic hydroxyl groups excluding tert-OH is 1. The fraction of sp³-hybridized carbons (Fsp3) is 0.161. The van der Waals surface area contributed by atoms with E-state index in [2.05, 4.69) is 26.1 Å². The number of halogens is 1. The predicted octanol–water partition coefficient (Wildman–Crippen LogP) is 7.50. The Kier molecular flexibility index (Phi) is 6.73. The van der Waals surface area contributed by atoms with Crippen LogP contribution < -0.4 is 5.01 Å². The third kappa shape index (κ3) is 4.74. The lowest BCUT2D eigenvalue weighted by atomic mass is 10.0. The zero-order chi connectivity index (χ0) is 27.1. The minimum atomic E-state index is -0.272. The van der Waals surface area contributed by atoms with Crippen LogP contribution in [-0.4, -0.2) is 25.2 Å². The van der Waals surface area contributed by atoms with Crippen molar-refractivity contribution in [2.75, 3.05) is 5.01 Å². The van der Waals surface area contributed by atoms with Crippen LogP contribution in [0.25, 0.3) is 26.9 Å². The Morgan fingerprint density at radius 1 is 1.05 bits per heavy atom. The summed E-state index contributed by atoms with van der Waals surface area (Å²) in [5.74, 6) is 0.221. The number of thiazole rings is 1. The smallest absolute Gasteiger partial charge is 0.296 e. The first kappa shape index (κ1) is 25.4. The summed E-state index contributed by atoms with van der Waals surface area (Å²) < 4.78 is 3.86. The first-order valence-corrected chi connectivity index (χ1v) is 14.0. The molecule has 0 unspecified atom stereocenters. The fourth-order valence-electron chi connectivity index (χ4n) is 4.98. The molecule has 3 heterocycles. The summed E-state index contributed by atoms with van der Waals surface area (Å²) >= 11 is 7.79. The van der Waals surface area contributed by atoms with Gasteiger partial charge in [-0.2, -0.15) is 0 Å². The highest BCUT2D eigenvalue weighted by Gasteiger charge is 2.25. The fourth-order valence-corrected chi connectivity index (χ4v) is 5.93. The number of anilines is 1. The van der Waals surface area contributed by atoms with E-state index in [-0.39, 0.29) is 12.5 Å². The molecule has 6 nitrogen and oxygen atoms in total. The van der Waals surface area contributed by atoms with Crippen molar-refractivity contribution in [3.63, 3.8) is 0 Å². The molecular formula is C31H27ClN4O2S. The average molecular weight is 555 g/mol. The van der Waals surface area contributed by atoms with Gasteiger partial charge in [-0.15, -0.1) is 11.3 Å². The largest absolute Gasteiger partial charge is 0.392 e. The van der Waals surface area contributed by atoms with Gasteiger partial charge in [-0.1, -0.05) is 61.8 Å². The minimum absolute atomic E-state index is 0.120. The molecule has 0 spiro atoms. The Labute approximate surface area is 235 Å². The van der Waals surface area contributed by atoms with Crippen LogP contribution >= 0.6 is 22.9 Å². The van der Waals surface area contributed by atoms with Gasteiger partial charge in [0.25, 0.3) is 5.91 Å². The maximum atomic E-state index is 14.2. The van der Waals surface area contributed by atoms with E-state index in [0.717, 1.165) is 28.2 Å². The van der Waals surface area contributed by atoms with E-state index >= 15 is 0 Å². The molecule has 8 heteroatoms. The zero-order valence-electron chi connectivity index (χ0n) is 21.6. The average Bonchev–Trinajstić information content (AvgIpc) is 3.67. The van der Waals surface area contributed by atoms with Crippen LogP contribution in [-0.2, 0) is 13.0 Å². The van der Waals surface area contributed by atoms with Crippen molar-refractivity contribution in [2.24, 2.45) is 5.92 Å². The summed E-state index contributed by atoms with van der Waals surface area (Å²) in [7, 11) is 0. The number of hydrogen-bond donors (Lipinski definition) is 1. The van der Waals surface area contributed by atoms with E-state index in [4.69, 9.17) is 16.6 Å². The number of hydrogen-bond acceptors (Lipinski definition) is 4. The molecule has 0 aliphatic heterocycles. The van der Waals surface area contributed by atoms with Crippen molar-refractivity contribution in [1.82, 2.24) is 14.2 Å². The number of fused-ring (bicyclic) bond motifs is 2. The molecule has 0 bridgehead atoms. The van der Waals surface area contributed by atoms with Crippen LogP contribution in [0.1, 0.15) is 35.5 Å². The number of aromatic nitrogens is 3. The highest BCUT2D eigenvalue weighted by atomic mass is 35.5. The quantitative estimate of drug-likeness (QED) is 0.222. The third-order valence-electron chi connectivity index (χ3n) is 6.72. The normalized spacial score (nSPS) is 11.6. The lowest BCUT2D eigenvalue weighted by Gasteiger charge is -2.24. The monoisotopic (exact) mass is 554 g/mol. The van der Waals surface area contributed by atoms with Gasteiger partial charge in [0.2, 0.25) is 0 Å². The van der Waals surface area contributed by atoms with E-state index in [1.165, 1.54) is 16.9 Å². The van der Waals surface area contributed by atoms with Crippen molar-refractivity contribution < 1.29 is 9.90 Å². The molecule has 3 aromatic carbocycles. The molecule has 0 aliphatic carbocycles. The lowest BCUT2D eigenvalue weighted by Crippen LogP contribution is -2.35. The van der Waals surface area contributed by atoms with Gasteiger partial charge in [-0.05, 0) is 59.9 Å². The van der Waals surface area contributed by atoms with Gasteiger partial charge in [-0.25, -0.2) is 9.99 Å². The van der Waals surface area contributed by atoms with Gasteiger partial charge in [0.15, 0.2) is 5.13 Å². The van der Waals surface area contributed by atoms with Crippen LogP contribution in [0.3, 0.4) is 0 Å². The van der Waals surface area contributed by atoms with E-state index in [1.54, 1.807) is 10.4 Å². The number of para-hydroxylation sites is 1. The SMILES string of the molecule is CC(C)Cc1cn(-c2nc(C(=O)N(c3cccc(CO)c3)n3ccc4ccccc43)cs2)c2cc(Cl)ccc12. The first-order chi connectivity index (χ1) is 18.9. The Bertz CT molecular complexity index is 1820. The molecule has 196 valence electrons. The maximum Gasteiger partial charge on any atom is 0.296 e. The van der Waals surface area contributed by atoms with E-state index < -0.39 is 0 Å². The van der Waals surface area contributed by atoms with E-state index in [1.807, 2.05) is 82.2 Å². The lowest BCUT2D eigenvalue weighted by molar-refractivity contribution is 0.0973. The molecule has 39 heavy (non-hydrogen) atoms. The van der Waals surface area contributed by atoms with Gasteiger partial charge in [0.1, 0.15) is 5.69 Å². The molecule has 0 saturated carbocycles. The molecule has 0 aliphatic rings. The Hall–Kier alpha value is -3.91. The van der Waals surface area contributed by atoms with Crippen LogP contribution in [0.2, 0.25) is 5.02 Å². The van der Waals surface area contributed by atoms with Gasteiger partial charge < -0.3 is 5.11 Å². The van der Waals surface area contributed by atoms with Gasteiger partial charge >= 0.3 is 0 Å². The van der Waals surface area contributed by atoms with Crippen LogP contribution in [0.5, 0.6) is 0 Å². The number of carbonyl (C=O) groups is 1. The van der Waals surface area contributed by atoms with Gasteiger partial charge in [0.05, 0.1) is 23.3 Å². The Balaban J connectivity index is 1.45. The number of aliphatic hydroxyl groups is 1. The number of amides is 1. The number of carbonyl (C=O) groups excluding carboxylic acids is 1. The zero-order valence-corrected chi connectivity index (χ0v) is 23.2. The predicted molar refractivity (Wildman–Crippen MR) is 159 cm³/mol. The maximum absolute atomic E-state index is 14.2. The molecule has 0 radical (unpaired) electrons.